The van der Waals surface area contributed by atoms with E-state index in [1.807, 2.05) is 0 Å². The highest BCUT2D eigenvalue weighted by atomic mass is 14.5. The molecular weight excluding hydrogens is 62.8 g/mol. The highest BCUT2D eigenvalue weighted by molar-refractivity contribution is 6.30. The Labute approximate surface area is 32.8 Å². The van der Waals surface area contributed by atoms with Gasteiger partial charge in [-0.3, -0.25) is 0 Å². The first-order valence-corrected chi connectivity index (χ1v) is 1.65. The summed E-state index contributed by atoms with van der Waals surface area (Å²) in [6.07, 6.45) is 0.819. The van der Waals surface area contributed by atoms with Crippen molar-refractivity contribution in [2.75, 3.05) is 6.54 Å². The molecule has 0 amide bonds. The number of hydrogen-bond donors (Lipinski definition) is 2. The van der Waals surface area contributed by atoms with Gasteiger partial charge in [-0.2, -0.15) is 0 Å². The molecule has 2 nitrogen and oxygen atoms in total. The fraction of sp³-hybridized carbons (Fsp3) is 1.00. The minimum Gasteiger partial charge on any atom is -0.374 e. The summed E-state index contributed by atoms with van der Waals surface area (Å²) in [7, 11) is 1.56. The quantitative estimate of drug-likeness (QED) is 0.407. The smallest absolute Gasteiger partial charge is 0.203 e. The lowest BCUT2D eigenvalue weighted by Crippen LogP contribution is -2.09. The predicted octanol–water partition coefficient (Wildman–Crippen LogP) is -1.06. The molecule has 3 heteroatoms. The monoisotopic (exact) mass is 71.1 g/mol. The molecule has 0 fully saturated rings. The maximum Gasteiger partial charge on any atom is 0.203 e. The average Bonchev–Trinajstić information content (AvgIpc) is 1.41. The van der Waals surface area contributed by atoms with Crippen LogP contribution in [-0.2, 0) is 0 Å². The Bertz CT molecular complexity index is 15.1. The lowest BCUT2D eigenvalue weighted by Gasteiger charge is -1.78. The zero-order chi connectivity index (χ0) is 4.12. The molecule has 0 aromatic rings. The average molecular weight is 70.9 g/mol. The van der Waals surface area contributed by atoms with Crippen molar-refractivity contribution in [2.24, 2.45) is 11.4 Å². The molecule has 0 aromatic heterocycles. The van der Waals surface area contributed by atoms with E-state index < -0.39 is 0 Å². The van der Waals surface area contributed by atoms with Gasteiger partial charge in [0.15, 0.2) is 0 Å². The van der Waals surface area contributed by atoms with Crippen LogP contribution in [-0.4, -0.2) is 14.0 Å². The number of nitrogens with two attached hydrogens (primary N) is 2. The highest BCUT2D eigenvalue weighted by Gasteiger charge is 1.72. The Hall–Kier alpha value is -0.0151. The van der Waals surface area contributed by atoms with Crippen molar-refractivity contribution in [3.8, 4) is 0 Å². The number of rotatable bonds is 2. The minimum absolute atomic E-state index is 0.663. The normalized spacial score (nSPS) is 7.60. The van der Waals surface area contributed by atoms with Crippen molar-refractivity contribution in [3.63, 3.8) is 0 Å². The molecule has 0 aliphatic rings. The van der Waals surface area contributed by atoms with E-state index in [9.17, 15) is 0 Å². The molecule has 0 aliphatic carbocycles. The van der Waals surface area contributed by atoms with Gasteiger partial charge in [-0.25, -0.2) is 0 Å². The lowest BCUT2D eigenvalue weighted by atomic mass is 9.92. The van der Waals surface area contributed by atoms with Gasteiger partial charge in [0.2, 0.25) is 7.41 Å². The molecule has 5 heavy (non-hydrogen) atoms. The van der Waals surface area contributed by atoms with Crippen LogP contribution in [0.2, 0.25) is 6.32 Å². The van der Waals surface area contributed by atoms with Crippen molar-refractivity contribution in [1.82, 2.24) is 0 Å². The van der Waals surface area contributed by atoms with Gasteiger partial charge in [0.25, 0.3) is 0 Å². The maximum absolute atomic E-state index is 5.03. The summed E-state index contributed by atoms with van der Waals surface area (Å²) in [5.74, 6) is 0. The largest absolute Gasteiger partial charge is 0.374 e. The molecule has 0 aliphatic heterocycles. The van der Waals surface area contributed by atoms with E-state index in [4.69, 9.17) is 11.4 Å². The maximum atomic E-state index is 5.03. The summed E-state index contributed by atoms with van der Waals surface area (Å²) in [6, 6.07) is 0. The Morgan fingerprint density at radius 2 is 2.20 bits per heavy atom. The molecule has 0 unspecified atom stereocenters. The van der Waals surface area contributed by atoms with Crippen LogP contribution in [0, 0.1) is 0 Å². The van der Waals surface area contributed by atoms with Crippen LogP contribution in [0.1, 0.15) is 0 Å². The molecular formula is C2H8BN2. The van der Waals surface area contributed by atoms with Crippen molar-refractivity contribution in [2.45, 2.75) is 6.32 Å². The predicted molar refractivity (Wildman–Crippen MR) is 23.8 cm³/mol. The van der Waals surface area contributed by atoms with Crippen LogP contribution in [0.5, 0.6) is 0 Å². The second-order valence-electron chi connectivity index (χ2n) is 0.813. The molecule has 29 valence electrons. The zero-order valence-corrected chi connectivity index (χ0v) is 3.15. The van der Waals surface area contributed by atoms with Crippen molar-refractivity contribution in [3.05, 3.63) is 0 Å². The SMILES string of the molecule is N[B]CCN. The summed E-state index contributed by atoms with van der Waals surface area (Å²) < 4.78 is 0. The second kappa shape index (κ2) is 3.98. The number of hydrogen-bond acceptors (Lipinski definition) is 2. The molecule has 0 bridgehead atoms. The van der Waals surface area contributed by atoms with Gasteiger partial charge < -0.3 is 11.4 Å². The fourth-order valence-corrected chi connectivity index (χ4v) is 0.0962. The fourth-order valence-electron chi connectivity index (χ4n) is 0.0962. The molecule has 4 N–H and O–H groups in total. The molecule has 1 radical (unpaired) electrons. The van der Waals surface area contributed by atoms with Crippen LogP contribution in [0.4, 0.5) is 0 Å². The zero-order valence-electron chi connectivity index (χ0n) is 3.15. The van der Waals surface area contributed by atoms with Gasteiger partial charge in [0, 0.05) is 0 Å². The Kier molecular flexibility index (Phi) is 3.97. The van der Waals surface area contributed by atoms with Gasteiger partial charge >= 0.3 is 0 Å². The molecule has 0 spiro atoms. The first-order chi connectivity index (χ1) is 2.41. The standard InChI is InChI=1S/C2H8BN2/c4-2-1-3-5/h1-2,4-5H2. The lowest BCUT2D eigenvalue weighted by molar-refractivity contribution is 1.12. The minimum atomic E-state index is 0.663. The summed E-state index contributed by atoms with van der Waals surface area (Å²) in [5.41, 5.74) is 9.96. The van der Waals surface area contributed by atoms with Crippen molar-refractivity contribution >= 4 is 7.41 Å². The first kappa shape index (κ1) is 4.98. The molecule has 0 saturated carbocycles. The summed E-state index contributed by atoms with van der Waals surface area (Å²) >= 11 is 0. The molecule has 0 rings (SSSR count). The van der Waals surface area contributed by atoms with Crippen LogP contribution < -0.4 is 11.4 Å². The summed E-state index contributed by atoms with van der Waals surface area (Å²) in [5, 5.41) is 0. The van der Waals surface area contributed by atoms with Crippen molar-refractivity contribution in [1.29, 1.82) is 0 Å². The second-order valence-corrected chi connectivity index (χ2v) is 0.813. The van der Waals surface area contributed by atoms with E-state index in [-0.39, 0.29) is 0 Å². The molecule has 0 saturated heterocycles. The Balaban J connectivity index is 2.19. The van der Waals surface area contributed by atoms with Gasteiger partial charge in [-0.15, -0.1) is 0 Å². The van der Waals surface area contributed by atoms with E-state index in [0.29, 0.717) is 6.54 Å². The third-order valence-electron chi connectivity index (χ3n) is 0.333. The van der Waals surface area contributed by atoms with E-state index in [0.717, 1.165) is 6.32 Å². The molecule has 0 aromatic carbocycles. The van der Waals surface area contributed by atoms with Crippen molar-refractivity contribution < 1.29 is 0 Å². The van der Waals surface area contributed by atoms with Crippen LogP contribution >= 0.6 is 0 Å². The van der Waals surface area contributed by atoms with Gasteiger partial charge in [-0.05, 0) is 6.54 Å². The van der Waals surface area contributed by atoms with E-state index in [2.05, 4.69) is 0 Å². The van der Waals surface area contributed by atoms with Gasteiger partial charge in [-0.1, -0.05) is 6.32 Å². The Morgan fingerprint density at radius 3 is 2.20 bits per heavy atom. The molecule has 0 atom stereocenters. The topological polar surface area (TPSA) is 52.0 Å². The third-order valence-corrected chi connectivity index (χ3v) is 0.333. The first-order valence-electron chi connectivity index (χ1n) is 1.65. The van der Waals surface area contributed by atoms with E-state index >= 15 is 0 Å². The van der Waals surface area contributed by atoms with Gasteiger partial charge in [0.1, 0.15) is 0 Å². The Morgan fingerprint density at radius 1 is 1.60 bits per heavy atom. The summed E-state index contributed by atoms with van der Waals surface area (Å²) in [4.78, 5) is 0. The van der Waals surface area contributed by atoms with Crippen LogP contribution in [0.25, 0.3) is 0 Å². The summed E-state index contributed by atoms with van der Waals surface area (Å²) in [6.45, 7) is 0.663. The van der Waals surface area contributed by atoms with E-state index in [1.165, 1.54) is 0 Å². The highest BCUT2D eigenvalue weighted by Crippen LogP contribution is 1.57. The molecule has 0 heterocycles. The van der Waals surface area contributed by atoms with Crippen LogP contribution in [0.15, 0.2) is 0 Å². The third kappa shape index (κ3) is 3.98. The van der Waals surface area contributed by atoms with Crippen LogP contribution in [0.3, 0.4) is 0 Å². The van der Waals surface area contributed by atoms with Gasteiger partial charge in [0.05, 0.1) is 0 Å². The van der Waals surface area contributed by atoms with E-state index in [1.54, 1.807) is 7.41 Å².